The molecule has 2 unspecified atom stereocenters. The summed E-state index contributed by atoms with van der Waals surface area (Å²) in [5, 5.41) is 32.6. The summed E-state index contributed by atoms with van der Waals surface area (Å²) >= 11 is 0. The fourth-order valence-corrected chi connectivity index (χ4v) is 0.835. The average molecular weight is 282 g/mol. The highest BCUT2D eigenvalue weighted by Gasteiger charge is 2.07. The Morgan fingerprint density at radius 1 is 1.00 bits per heavy atom. The Balaban J connectivity index is 0. The number of azo groups is 1. The first-order valence-corrected chi connectivity index (χ1v) is 6.66. The molecule has 0 aliphatic carbocycles. The number of nitrogens with zero attached hydrogens (tertiary/aromatic N) is 4. The standard InChI is InChI=1S/C10H16N4.C4H10O2/c1-9(3-5-11)7-13-14-8-10(2)4-6-12;1-4(2,3)6-5/h9-10H,3-4,7-8H2,1-2H3;5H,1-3H3. The number of hydrogen-bond acceptors (Lipinski definition) is 6. The minimum atomic E-state index is -0.403. The molecule has 6 heteroatoms. The molecule has 0 aromatic rings. The first-order chi connectivity index (χ1) is 9.26. The van der Waals surface area contributed by atoms with Gasteiger partial charge in [0.25, 0.3) is 0 Å². The normalized spacial score (nSPS) is 13.8. The van der Waals surface area contributed by atoms with Gasteiger partial charge in [-0.25, -0.2) is 4.89 Å². The topological polar surface area (TPSA) is 102 Å². The van der Waals surface area contributed by atoms with Crippen molar-refractivity contribution in [2.75, 3.05) is 13.1 Å². The van der Waals surface area contributed by atoms with Gasteiger partial charge in [-0.3, -0.25) is 5.26 Å². The molecule has 0 spiro atoms. The molecular formula is C14H26N4O2. The molecule has 0 saturated carbocycles. The van der Waals surface area contributed by atoms with Crippen LogP contribution >= 0.6 is 0 Å². The van der Waals surface area contributed by atoms with Gasteiger partial charge in [0.05, 0.1) is 30.8 Å². The molecule has 0 saturated heterocycles. The fraction of sp³-hybridized carbons (Fsp3) is 0.857. The second kappa shape index (κ2) is 12.5. The first-order valence-electron chi connectivity index (χ1n) is 6.66. The van der Waals surface area contributed by atoms with E-state index in [2.05, 4.69) is 27.3 Å². The minimum Gasteiger partial charge on any atom is -0.251 e. The van der Waals surface area contributed by atoms with Gasteiger partial charge in [0, 0.05) is 12.8 Å². The van der Waals surface area contributed by atoms with Gasteiger partial charge < -0.3 is 0 Å². The van der Waals surface area contributed by atoms with Crippen molar-refractivity contribution in [3.63, 3.8) is 0 Å². The Hall–Kier alpha value is -1.50. The molecule has 20 heavy (non-hydrogen) atoms. The van der Waals surface area contributed by atoms with E-state index in [1.165, 1.54) is 0 Å². The summed E-state index contributed by atoms with van der Waals surface area (Å²) in [6.45, 7) is 10.5. The first kappa shape index (κ1) is 20.8. The quantitative estimate of drug-likeness (QED) is 0.454. The monoisotopic (exact) mass is 282 g/mol. The van der Waals surface area contributed by atoms with Crippen molar-refractivity contribution in [2.45, 2.75) is 53.1 Å². The zero-order valence-electron chi connectivity index (χ0n) is 13.1. The van der Waals surface area contributed by atoms with Crippen LogP contribution in [0, 0.1) is 34.5 Å². The van der Waals surface area contributed by atoms with Crippen LogP contribution in [0.3, 0.4) is 0 Å². The summed E-state index contributed by atoms with van der Waals surface area (Å²) in [6, 6.07) is 4.19. The van der Waals surface area contributed by atoms with E-state index in [1.54, 1.807) is 20.8 Å². The van der Waals surface area contributed by atoms with E-state index in [4.69, 9.17) is 15.8 Å². The summed E-state index contributed by atoms with van der Waals surface area (Å²) in [7, 11) is 0. The van der Waals surface area contributed by atoms with E-state index in [0.29, 0.717) is 25.9 Å². The maximum Gasteiger partial charge on any atom is 0.0949 e. The number of rotatable bonds is 6. The summed E-state index contributed by atoms with van der Waals surface area (Å²) in [5.41, 5.74) is -0.403. The third-order valence-electron chi connectivity index (χ3n) is 2.04. The second-order valence-corrected chi connectivity index (χ2v) is 5.79. The molecule has 0 fully saturated rings. The van der Waals surface area contributed by atoms with Crippen LogP contribution in [0.5, 0.6) is 0 Å². The zero-order valence-corrected chi connectivity index (χ0v) is 13.1. The smallest absolute Gasteiger partial charge is 0.0949 e. The van der Waals surface area contributed by atoms with E-state index >= 15 is 0 Å². The van der Waals surface area contributed by atoms with Gasteiger partial charge in [-0.15, -0.1) is 0 Å². The van der Waals surface area contributed by atoms with E-state index in [9.17, 15) is 0 Å². The Bertz CT molecular complexity index is 311. The molecule has 0 aromatic carbocycles. The molecule has 1 N–H and O–H groups in total. The van der Waals surface area contributed by atoms with Crippen LogP contribution in [0.1, 0.15) is 47.5 Å². The molecule has 2 atom stereocenters. The Labute approximate surface area is 122 Å². The van der Waals surface area contributed by atoms with Crippen molar-refractivity contribution in [3.05, 3.63) is 0 Å². The van der Waals surface area contributed by atoms with Gasteiger partial charge in [0.1, 0.15) is 0 Å². The summed E-state index contributed by atoms with van der Waals surface area (Å²) in [4.78, 5) is 3.94. The van der Waals surface area contributed by atoms with Crippen molar-refractivity contribution in [1.29, 1.82) is 10.5 Å². The molecule has 0 amide bonds. The van der Waals surface area contributed by atoms with E-state index in [1.807, 2.05) is 13.8 Å². The molecule has 0 aliphatic rings. The third kappa shape index (κ3) is 18.9. The van der Waals surface area contributed by atoms with Crippen molar-refractivity contribution in [2.24, 2.45) is 22.1 Å². The lowest BCUT2D eigenvalue weighted by molar-refractivity contribution is -0.306. The minimum absolute atomic E-state index is 0.273. The largest absolute Gasteiger partial charge is 0.251 e. The molecule has 0 aromatic heterocycles. The molecule has 0 bridgehead atoms. The zero-order chi connectivity index (χ0) is 16.0. The SMILES string of the molecule is CC(C)(C)OO.CC(CC#N)CN=NCC(C)CC#N. The van der Waals surface area contributed by atoms with Gasteiger partial charge in [-0.05, 0) is 32.6 Å². The van der Waals surface area contributed by atoms with Gasteiger partial charge >= 0.3 is 0 Å². The number of hydrogen-bond donors (Lipinski definition) is 1. The lowest BCUT2D eigenvalue weighted by Gasteiger charge is -2.10. The van der Waals surface area contributed by atoms with Gasteiger partial charge in [-0.2, -0.15) is 20.8 Å². The molecule has 0 rings (SSSR count). The lowest BCUT2D eigenvalue weighted by atomic mass is 10.1. The molecule has 6 nitrogen and oxygen atoms in total. The van der Waals surface area contributed by atoms with Crippen LogP contribution < -0.4 is 0 Å². The highest BCUT2D eigenvalue weighted by atomic mass is 17.1. The molecule has 0 aliphatic heterocycles. The fourth-order valence-electron chi connectivity index (χ4n) is 0.835. The maximum atomic E-state index is 8.39. The Morgan fingerprint density at radius 3 is 1.50 bits per heavy atom. The van der Waals surface area contributed by atoms with Crippen LogP contribution in [0.2, 0.25) is 0 Å². The molecule has 114 valence electrons. The van der Waals surface area contributed by atoms with Crippen molar-refractivity contribution in [3.8, 4) is 12.1 Å². The van der Waals surface area contributed by atoms with Gasteiger partial charge in [0.15, 0.2) is 0 Å². The van der Waals surface area contributed by atoms with Crippen LogP contribution in [-0.4, -0.2) is 23.9 Å². The number of nitriles is 2. The lowest BCUT2D eigenvalue weighted by Crippen LogP contribution is -2.15. The Kier molecular flexibility index (Phi) is 13.0. The van der Waals surface area contributed by atoms with E-state index in [0.717, 1.165) is 0 Å². The average Bonchev–Trinajstić information content (AvgIpc) is 2.35. The van der Waals surface area contributed by atoms with Gasteiger partial charge in [0.2, 0.25) is 0 Å². The van der Waals surface area contributed by atoms with Crippen LogP contribution in [0.4, 0.5) is 0 Å². The summed E-state index contributed by atoms with van der Waals surface area (Å²) in [6.07, 6.45) is 1.04. The molecule has 0 heterocycles. The summed E-state index contributed by atoms with van der Waals surface area (Å²) in [5.74, 6) is 0.546. The van der Waals surface area contributed by atoms with Crippen LogP contribution in [-0.2, 0) is 4.89 Å². The molecular weight excluding hydrogens is 256 g/mol. The predicted octanol–water partition coefficient (Wildman–Crippen LogP) is 3.81. The molecule has 0 radical (unpaired) electrons. The van der Waals surface area contributed by atoms with E-state index in [-0.39, 0.29) is 11.8 Å². The second-order valence-electron chi connectivity index (χ2n) is 5.79. The third-order valence-corrected chi connectivity index (χ3v) is 2.04. The highest BCUT2D eigenvalue weighted by molar-refractivity contribution is 4.75. The maximum absolute atomic E-state index is 8.39. The van der Waals surface area contributed by atoms with Crippen LogP contribution in [0.25, 0.3) is 0 Å². The predicted molar refractivity (Wildman–Crippen MR) is 76.8 cm³/mol. The summed E-state index contributed by atoms with van der Waals surface area (Å²) < 4.78 is 0. The van der Waals surface area contributed by atoms with Crippen molar-refractivity contribution >= 4 is 0 Å². The van der Waals surface area contributed by atoms with Crippen LogP contribution in [0.15, 0.2) is 10.2 Å². The van der Waals surface area contributed by atoms with Crippen molar-refractivity contribution < 1.29 is 10.1 Å². The van der Waals surface area contributed by atoms with E-state index < -0.39 is 5.60 Å². The van der Waals surface area contributed by atoms with Crippen molar-refractivity contribution in [1.82, 2.24) is 0 Å². The Morgan fingerprint density at radius 2 is 1.30 bits per heavy atom. The van der Waals surface area contributed by atoms with Gasteiger partial charge in [-0.1, -0.05) is 13.8 Å². The highest BCUT2D eigenvalue weighted by Crippen LogP contribution is 2.03.